The van der Waals surface area contributed by atoms with Gasteiger partial charge >= 0.3 is 6.09 Å². The summed E-state index contributed by atoms with van der Waals surface area (Å²) in [5, 5.41) is 6.47. The zero-order chi connectivity index (χ0) is 14.9. The Bertz CT molecular complexity index is 670. The highest BCUT2D eigenvalue weighted by molar-refractivity contribution is 5.90. The molecule has 2 aromatic heterocycles. The van der Waals surface area contributed by atoms with Gasteiger partial charge in [0.25, 0.3) is 0 Å². The zero-order valence-corrected chi connectivity index (χ0v) is 11.8. The molecule has 7 nitrogen and oxygen atoms in total. The van der Waals surface area contributed by atoms with Gasteiger partial charge in [-0.15, -0.1) is 0 Å². The van der Waals surface area contributed by atoms with Crippen LogP contribution in [0.1, 0.15) is 32.5 Å². The van der Waals surface area contributed by atoms with Crippen molar-refractivity contribution in [1.82, 2.24) is 14.8 Å². The molecule has 0 saturated heterocycles. The molecule has 20 heavy (non-hydrogen) atoms. The molecule has 2 rings (SSSR count). The summed E-state index contributed by atoms with van der Waals surface area (Å²) in [5.41, 5.74) is 0.536. The van der Waals surface area contributed by atoms with Gasteiger partial charge in [0, 0.05) is 6.92 Å². The van der Waals surface area contributed by atoms with Crippen LogP contribution < -0.4 is 5.32 Å². The van der Waals surface area contributed by atoms with E-state index in [0.717, 1.165) is 0 Å². The van der Waals surface area contributed by atoms with Crippen molar-refractivity contribution in [3.63, 3.8) is 0 Å². The van der Waals surface area contributed by atoms with Gasteiger partial charge in [0.2, 0.25) is 5.91 Å². The molecule has 2 aromatic rings. The number of hydrogen-bond acceptors (Lipinski definition) is 5. The lowest BCUT2D eigenvalue weighted by Crippen LogP contribution is -2.27. The minimum Gasteiger partial charge on any atom is -0.444 e. The Morgan fingerprint density at radius 3 is 2.60 bits per heavy atom. The number of aromatic nitrogens is 3. The van der Waals surface area contributed by atoms with Gasteiger partial charge < -0.3 is 4.74 Å². The van der Waals surface area contributed by atoms with Crippen molar-refractivity contribution in [3.8, 4) is 0 Å². The first-order valence-electron chi connectivity index (χ1n) is 6.12. The Morgan fingerprint density at radius 2 is 2.00 bits per heavy atom. The first kappa shape index (κ1) is 14.0. The second-order valence-electron chi connectivity index (χ2n) is 5.30. The van der Waals surface area contributed by atoms with Crippen LogP contribution in [0.15, 0.2) is 18.3 Å². The van der Waals surface area contributed by atoms with Crippen molar-refractivity contribution in [1.29, 1.82) is 0 Å². The van der Waals surface area contributed by atoms with E-state index < -0.39 is 11.7 Å². The van der Waals surface area contributed by atoms with Gasteiger partial charge in [-0.1, -0.05) is 0 Å². The summed E-state index contributed by atoms with van der Waals surface area (Å²) in [6.45, 7) is 6.75. The summed E-state index contributed by atoms with van der Waals surface area (Å²) in [5.74, 6) is 0.143. The maximum absolute atomic E-state index is 11.6. The maximum Gasteiger partial charge on any atom is 0.413 e. The quantitative estimate of drug-likeness (QED) is 0.864. The lowest BCUT2D eigenvalue weighted by atomic mass is 10.2. The Kier molecular flexibility index (Phi) is 3.44. The number of ether oxygens (including phenoxy) is 1. The summed E-state index contributed by atoms with van der Waals surface area (Å²) in [7, 11) is 0. The molecule has 0 aliphatic carbocycles. The number of rotatable bonds is 1. The van der Waals surface area contributed by atoms with Gasteiger partial charge in [0.15, 0.2) is 0 Å². The number of carbonyl (C=O) groups is 2. The van der Waals surface area contributed by atoms with Crippen molar-refractivity contribution in [2.45, 2.75) is 33.3 Å². The highest BCUT2D eigenvalue weighted by atomic mass is 16.6. The third-order valence-electron chi connectivity index (χ3n) is 2.35. The summed E-state index contributed by atoms with van der Waals surface area (Å²) in [4.78, 5) is 27.2. The molecule has 0 aromatic carbocycles. The van der Waals surface area contributed by atoms with Crippen molar-refractivity contribution in [2.75, 3.05) is 5.32 Å². The molecule has 2 heterocycles. The highest BCUT2D eigenvalue weighted by Gasteiger charge is 2.17. The summed E-state index contributed by atoms with van der Waals surface area (Å²) >= 11 is 0. The lowest BCUT2D eigenvalue weighted by molar-refractivity contribution is 0.0635. The molecule has 7 heteroatoms. The SMILES string of the molecule is CC(=O)n1ncc2nc(NC(=O)OC(C)(C)C)ccc21. The predicted octanol–water partition coefficient (Wildman–Crippen LogP) is 2.44. The molecule has 1 N–H and O–H groups in total. The van der Waals surface area contributed by atoms with E-state index in [1.54, 1.807) is 32.9 Å². The second kappa shape index (κ2) is 4.92. The summed E-state index contributed by atoms with van der Waals surface area (Å²) in [6, 6.07) is 3.26. The van der Waals surface area contributed by atoms with E-state index in [-0.39, 0.29) is 5.91 Å². The van der Waals surface area contributed by atoms with Crippen LogP contribution in [0.5, 0.6) is 0 Å². The maximum atomic E-state index is 11.6. The van der Waals surface area contributed by atoms with Crippen molar-refractivity contribution in [2.24, 2.45) is 0 Å². The van der Waals surface area contributed by atoms with Crippen molar-refractivity contribution < 1.29 is 14.3 Å². The largest absolute Gasteiger partial charge is 0.444 e. The fourth-order valence-electron chi connectivity index (χ4n) is 1.65. The normalized spacial score (nSPS) is 11.4. The summed E-state index contributed by atoms with van der Waals surface area (Å²) in [6.07, 6.45) is 0.889. The first-order chi connectivity index (χ1) is 9.26. The minimum absolute atomic E-state index is 0.199. The number of carbonyl (C=O) groups excluding carboxylic acids is 2. The molecule has 0 spiro atoms. The smallest absolute Gasteiger partial charge is 0.413 e. The van der Waals surface area contributed by atoms with E-state index in [1.807, 2.05) is 0 Å². The van der Waals surface area contributed by atoms with E-state index in [1.165, 1.54) is 17.8 Å². The van der Waals surface area contributed by atoms with E-state index in [0.29, 0.717) is 16.9 Å². The average Bonchev–Trinajstić information content (AvgIpc) is 2.68. The number of hydrogen-bond donors (Lipinski definition) is 1. The van der Waals surface area contributed by atoms with Crippen molar-refractivity contribution >= 4 is 28.9 Å². The molecule has 0 bridgehead atoms. The molecule has 0 atom stereocenters. The standard InChI is InChI=1S/C13H16N4O3/c1-8(18)17-10-5-6-11(15-9(10)7-14-17)16-12(19)20-13(2,3)4/h5-7H,1-4H3,(H,15,16,19). The molecule has 0 saturated carbocycles. The van der Waals surface area contributed by atoms with Crippen LogP contribution in [0.4, 0.5) is 10.6 Å². The molecule has 1 amide bonds. The number of nitrogens with one attached hydrogen (secondary N) is 1. The van der Waals surface area contributed by atoms with Crippen LogP contribution in [0.2, 0.25) is 0 Å². The Labute approximate surface area is 115 Å². The molecule has 0 radical (unpaired) electrons. The molecule has 0 aliphatic heterocycles. The third-order valence-corrected chi connectivity index (χ3v) is 2.35. The van der Waals surface area contributed by atoms with Crippen molar-refractivity contribution in [3.05, 3.63) is 18.3 Å². The molecular weight excluding hydrogens is 260 g/mol. The average molecular weight is 276 g/mol. The van der Waals surface area contributed by atoms with Crippen LogP contribution >= 0.6 is 0 Å². The minimum atomic E-state index is -0.580. The van der Waals surface area contributed by atoms with Crippen LogP contribution in [0.25, 0.3) is 11.0 Å². The van der Waals surface area contributed by atoms with Gasteiger partial charge in [-0.25, -0.2) is 9.78 Å². The van der Waals surface area contributed by atoms with E-state index in [2.05, 4.69) is 15.4 Å². The highest BCUT2D eigenvalue weighted by Crippen LogP contribution is 2.16. The zero-order valence-electron chi connectivity index (χ0n) is 11.8. The van der Waals surface area contributed by atoms with Gasteiger partial charge in [0.05, 0.1) is 11.7 Å². The van der Waals surface area contributed by atoms with Gasteiger partial charge in [-0.05, 0) is 32.9 Å². The molecule has 0 fully saturated rings. The molecule has 0 aliphatic rings. The van der Waals surface area contributed by atoms with E-state index in [4.69, 9.17) is 4.74 Å². The number of pyridine rings is 1. The monoisotopic (exact) mass is 276 g/mol. The van der Waals surface area contributed by atoms with Crippen LogP contribution in [-0.4, -0.2) is 32.4 Å². The Morgan fingerprint density at radius 1 is 1.30 bits per heavy atom. The molecular formula is C13H16N4O3. The van der Waals surface area contributed by atoms with Gasteiger partial charge in [-0.3, -0.25) is 10.1 Å². The fourth-order valence-corrected chi connectivity index (χ4v) is 1.65. The van der Waals surface area contributed by atoms with E-state index >= 15 is 0 Å². The fraction of sp³-hybridized carbons (Fsp3) is 0.385. The summed E-state index contributed by atoms with van der Waals surface area (Å²) < 4.78 is 6.38. The number of amides is 1. The Hall–Kier alpha value is -2.44. The number of nitrogens with zero attached hydrogens (tertiary/aromatic N) is 3. The topological polar surface area (TPSA) is 86.1 Å². The van der Waals surface area contributed by atoms with Crippen LogP contribution in [-0.2, 0) is 4.74 Å². The lowest BCUT2D eigenvalue weighted by Gasteiger charge is -2.19. The number of fused-ring (bicyclic) bond motifs is 1. The van der Waals surface area contributed by atoms with Gasteiger partial charge in [0.1, 0.15) is 16.9 Å². The van der Waals surface area contributed by atoms with Gasteiger partial charge in [-0.2, -0.15) is 9.78 Å². The molecule has 0 unspecified atom stereocenters. The predicted molar refractivity (Wildman–Crippen MR) is 73.7 cm³/mol. The molecule has 106 valence electrons. The number of anilines is 1. The van der Waals surface area contributed by atoms with E-state index in [9.17, 15) is 9.59 Å². The third kappa shape index (κ3) is 3.11. The Balaban J connectivity index is 2.21. The van der Waals surface area contributed by atoms with Crippen LogP contribution in [0, 0.1) is 0 Å². The van der Waals surface area contributed by atoms with Crippen LogP contribution in [0.3, 0.4) is 0 Å². The first-order valence-corrected chi connectivity index (χ1v) is 6.12. The second-order valence-corrected chi connectivity index (χ2v) is 5.30.